The number of carbonyl (C=O) groups is 1. The number of H-pyrrole nitrogens is 1. The summed E-state index contributed by atoms with van der Waals surface area (Å²) in [7, 11) is 1.10. The van der Waals surface area contributed by atoms with Gasteiger partial charge in [0.25, 0.3) is 5.56 Å². The molecule has 0 aliphatic heterocycles. The first kappa shape index (κ1) is 26.7. The average molecular weight is 538 g/mol. The summed E-state index contributed by atoms with van der Waals surface area (Å²) in [6.45, 7) is -0.671. The molecule has 1 heterocycles. The number of hydrogen-bond donors (Lipinski definition) is 1. The van der Waals surface area contributed by atoms with E-state index in [0.717, 1.165) is 24.1 Å². The van der Waals surface area contributed by atoms with Crippen LogP contribution in [0.5, 0.6) is 5.88 Å². The number of alkyl halides is 6. The van der Waals surface area contributed by atoms with Gasteiger partial charge in [0.05, 0.1) is 16.7 Å². The SMILES string of the molecule is CN(Cc1cc(C(F)(F)F)cc(C(F)(F)F)c1)C(=O)Oc1[nH]c(=O)c2ccccc2c1-c1ccc(F)cc1. The zero-order valence-electron chi connectivity index (χ0n) is 19.4. The van der Waals surface area contributed by atoms with Crippen molar-refractivity contribution < 1.29 is 40.3 Å². The molecule has 38 heavy (non-hydrogen) atoms. The number of aromatic amines is 1. The van der Waals surface area contributed by atoms with Crippen LogP contribution in [0.2, 0.25) is 0 Å². The molecule has 1 amide bonds. The van der Waals surface area contributed by atoms with Gasteiger partial charge in [0.2, 0.25) is 5.88 Å². The van der Waals surface area contributed by atoms with E-state index in [-0.39, 0.29) is 22.9 Å². The van der Waals surface area contributed by atoms with Crippen LogP contribution in [-0.4, -0.2) is 23.0 Å². The van der Waals surface area contributed by atoms with Crippen molar-refractivity contribution in [2.24, 2.45) is 0 Å². The number of amides is 1. The van der Waals surface area contributed by atoms with Gasteiger partial charge >= 0.3 is 18.4 Å². The summed E-state index contributed by atoms with van der Waals surface area (Å²) in [5, 5.41) is 0.602. The molecule has 5 nitrogen and oxygen atoms in total. The van der Waals surface area contributed by atoms with Crippen LogP contribution >= 0.6 is 0 Å². The Morgan fingerprint density at radius 2 is 1.42 bits per heavy atom. The summed E-state index contributed by atoms with van der Waals surface area (Å²) in [5.41, 5.74) is -3.53. The second-order valence-electron chi connectivity index (χ2n) is 8.35. The van der Waals surface area contributed by atoms with Crippen molar-refractivity contribution in [2.75, 3.05) is 7.05 Å². The second kappa shape index (κ2) is 9.84. The third-order valence-corrected chi connectivity index (χ3v) is 5.60. The summed E-state index contributed by atoms with van der Waals surface area (Å²) >= 11 is 0. The smallest absolute Gasteiger partial charge is 0.392 e. The fraction of sp³-hybridized carbons (Fsp3) is 0.154. The molecule has 0 atom stereocenters. The van der Waals surface area contributed by atoms with Crippen LogP contribution in [-0.2, 0) is 18.9 Å². The minimum atomic E-state index is -5.05. The normalized spacial score (nSPS) is 12.0. The van der Waals surface area contributed by atoms with Gasteiger partial charge in [-0.1, -0.05) is 30.3 Å². The predicted molar refractivity (Wildman–Crippen MR) is 124 cm³/mol. The number of benzene rings is 3. The van der Waals surface area contributed by atoms with Gasteiger partial charge in [0.1, 0.15) is 5.82 Å². The number of nitrogens with one attached hydrogen (secondary N) is 1. The maximum atomic E-state index is 13.5. The first-order valence-corrected chi connectivity index (χ1v) is 10.9. The van der Waals surface area contributed by atoms with Crippen molar-refractivity contribution in [2.45, 2.75) is 18.9 Å². The Bertz CT molecular complexity index is 1530. The summed E-state index contributed by atoms with van der Waals surface area (Å²) in [6, 6.07) is 12.4. The number of halogens is 7. The molecule has 0 fully saturated rings. The van der Waals surface area contributed by atoms with Crippen molar-refractivity contribution in [3.05, 3.63) is 99.6 Å². The average Bonchev–Trinajstić information content (AvgIpc) is 2.84. The maximum Gasteiger partial charge on any atom is 0.416 e. The molecule has 0 aliphatic rings. The summed E-state index contributed by atoms with van der Waals surface area (Å²) < 4.78 is 98.0. The minimum Gasteiger partial charge on any atom is -0.392 e. The Hall–Kier alpha value is -4.35. The molecule has 12 heteroatoms. The molecule has 0 saturated carbocycles. The van der Waals surface area contributed by atoms with E-state index in [1.807, 2.05) is 0 Å². The zero-order chi connectivity index (χ0) is 27.8. The monoisotopic (exact) mass is 538 g/mol. The molecule has 198 valence electrons. The molecular weight excluding hydrogens is 521 g/mol. The largest absolute Gasteiger partial charge is 0.416 e. The van der Waals surface area contributed by atoms with Gasteiger partial charge < -0.3 is 9.64 Å². The van der Waals surface area contributed by atoms with Crippen molar-refractivity contribution in [3.8, 4) is 17.0 Å². The van der Waals surface area contributed by atoms with E-state index in [1.165, 1.54) is 18.2 Å². The number of pyridine rings is 1. The highest BCUT2D eigenvalue weighted by atomic mass is 19.4. The molecule has 4 aromatic rings. The fourth-order valence-electron chi connectivity index (χ4n) is 3.85. The lowest BCUT2D eigenvalue weighted by Gasteiger charge is -2.20. The number of carbonyl (C=O) groups excluding carboxylic acids is 1. The molecule has 0 spiro atoms. The molecule has 0 bridgehead atoms. The second-order valence-corrected chi connectivity index (χ2v) is 8.35. The standard InChI is InChI=1S/C26H17F7N2O3/c1-35(13-14-10-16(25(28,29)30)12-17(11-14)26(31,32)33)24(37)38-23-21(15-6-8-18(27)9-7-15)19-4-2-3-5-20(19)22(36)34-23/h2-12H,13H2,1H3,(H,34,36). The Labute approximate surface area is 210 Å². The van der Waals surface area contributed by atoms with E-state index >= 15 is 0 Å². The zero-order valence-corrected chi connectivity index (χ0v) is 19.4. The van der Waals surface area contributed by atoms with Crippen LogP contribution in [0, 0.1) is 5.82 Å². The van der Waals surface area contributed by atoms with E-state index in [0.29, 0.717) is 23.1 Å². The van der Waals surface area contributed by atoms with Crippen molar-refractivity contribution in [3.63, 3.8) is 0 Å². The number of rotatable bonds is 4. The van der Waals surface area contributed by atoms with Crippen LogP contribution in [0.1, 0.15) is 16.7 Å². The van der Waals surface area contributed by atoms with Gasteiger partial charge in [-0.15, -0.1) is 0 Å². The number of nitrogens with zero attached hydrogens (tertiary/aromatic N) is 1. The van der Waals surface area contributed by atoms with Gasteiger partial charge in [-0.2, -0.15) is 26.3 Å². The van der Waals surface area contributed by atoms with E-state index in [1.54, 1.807) is 18.2 Å². The highest BCUT2D eigenvalue weighted by Gasteiger charge is 2.37. The van der Waals surface area contributed by atoms with Crippen molar-refractivity contribution in [1.82, 2.24) is 9.88 Å². The molecule has 3 aromatic carbocycles. The molecule has 0 radical (unpaired) electrons. The Balaban J connectivity index is 1.70. The molecule has 1 aromatic heterocycles. The van der Waals surface area contributed by atoms with Crippen LogP contribution in [0.15, 0.2) is 71.5 Å². The number of ether oxygens (including phenoxy) is 1. The first-order chi connectivity index (χ1) is 17.7. The Kier molecular flexibility index (Phi) is 6.92. The topological polar surface area (TPSA) is 62.4 Å². The van der Waals surface area contributed by atoms with Crippen LogP contribution in [0.4, 0.5) is 35.5 Å². The Morgan fingerprint density at radius 1 is 0.868 bits per heavy atom. The third kappa shape index (κ3) is 5.63. The van der Waals surface area contributed by atoms with Crippen LogP contribution in [0.3, 0.4) is 0 Å². The number of aromatic nitrogens is 1. The van der Waals surface area contributed by atoms with Crippen LogP contribution in [0.25, 0.3) is 21.9 Å². The lowest BCUT2D eigenvalue weighted by atomic mass is 10.00. The van der Waals surface area contributed by atoms with Crippen molar-refractivity contribution in [1.29, 1.82) is 0 Å². The predicted octanol–water partition coefficient (Wildman–Crippen LogP) is 7.00. The highest BCUT2D eigenvalue weighted by Crippen LogP contribution is 2.37. The van der Waals surface area contributed by atoms with Gasteiger partial charge in [-0.25, -0.2) is 9.18 Å². The lowest BCUT2D eigenvalue weighted by Crippen LogP contribution is -2.30. The number of fused-ring (bicyclic) bond motifs is 1. The molecular formula is C26H17F7N2O3. The van der Waals surface area contributed by atoms with Gasteiger partial charge in [-0.05, 0) is 47.5 Å². The van der Waals surface area contributed by atoms with Crippen molar-refractivity contribution >= 4 is 16.9 Å². The molecule has 4 rings (SSSR count). The fourth-order valence-corrected chi connectivity index (χ4v) is 3.85. The molecule has 0 saturated heterocycles. The van der Waals surface area contributed by atoms with Gasteiger partial charge in [0.15, 0.2) is 0 Å². The molecule has 1 N–H and O–H groups in total. The van der Waals surface area contributed by atoms with E-state index in [4.69, 9.17) is 4.74 Å². The number of hydrogen-bond acceptors (Lipinski definition) is 3. The summed E-state index contributed by atoms with van der Waals surface area (Å²) in [4.78, 5) is 28.6. The summed E-state index contributed by atoms with van der Waals surface area (Å²) in [6.07, 6.45) is -11.3. The highest BCUT2D eigenvalue weighted by molar-refractivity contribution is 5.99. The van der Waals surface area contributed by atoms with E-state index in [2.05, 4.69) is 4.98 Å². The molecule has 0 unspecified atom stereocenters. The van der Waals surface area contributed by atoms with Gasteiger partial charge in [-0.3, -0.25) is 9.78 Å². The first-order valence-electron chi connectivity index (χ1n) is 10.9. The minimum absolute atomic E-state index is 0.0173. The quantitative estimate of drug-likeness (QED) is 0.285. The van der Waals surface area contributed by atoms with Crippen LogP contribution < -0.4 is 10.3 Å². The third-order valence-electron chi connectivity index (χ3n) is 5.60. The maximum absolute atomic E-state index is 13.5. The summed E-state index contributed by atoms with van der Waals surface area (Å²) in [5.74, 6) is -0.878. The molecule has 0 aliphatic carbocycles. The lowest BCUT2D eigenvalue weighted by molar-refractivity contribution is -0.143. The van der Waals surface area contributed by atoms with E-state index < -0.39 is 53.1 Å². The van der Waals surface area contributed by atoms with Gasteiger partial charge in [0, 0.05) is 24.4 Å². The van der Waals surface area contributed by atoms with E-state index in [9.17, 15) is 40.3 Å². The Morgan fingerprint density at radius 3 is 1.97 bits per heavy atom.